The van der Waals surface area contributed by atoms with Gasteiger partial charge in [-0.25, -0.2) is 4.98 Å². The molecule has 0 aliphatic heterocycles. The van der Waals surface area contributed by atoms with Crippen molar-refractivity contribution in [3.63, 3.8) is 0 Å². The van der Waals surface area contributed by atoms with Crippen LogP contribution in [0.4, 0.5) is 5.69 Å². The molecule has 23 heavy (non-hydrogen) atoms. The van der Waals surface area contributed by atoms with E-state index in [0.29, 0.717) is 23.0 Å². The number of carbonyl (C=O) groups excluding carboxylic acids is 1. The first kappa shape index (κ1) is 17.7. The van der Waals surface area contributed by atoms with Gasteiger partial charge in [0, 0.05) is 23.0 Å². The Morgan fingerprint density at radius 3 is 2.87 bits per heavy atom. The van der Waals surface area contributed by atoms with Crippen LogP contribution < -0.4 is 10.1 Å². The van der Waals surface area contributed by atoms with Gasteiger partial charge >= 0.3 is 0 Å². The minimum absolute atomic E-state index is 0.109. The van der Waals surface area contributed by atoms with Gasteiger partial charge in [-0.1, -0.05) is 11.6 Å². The number of hydrogen-bond donors (Lipinski definition) is 1. The second kappa shape index (κ2) is 7.77. The largest absolute Gasteiger partial charge is 0.495 e. The predicted molar refractivity (Wildman–Crippen MR) is 94.4 cm³/mol. The molecule has 2 aromatic rings. The Morgan fingerprint density at radius 1 is 1.52 bits per heavy atom. The third-order valence-electron chi connectivity index (χ3n) is 3.67. The lowest BCUT2D eigenvalue weighted by atomic mass is 10.2. The monoisotopic (exact) mass is 353 g/mol. The highest BCUT2D eigenvalue weighted by Crippen LogP contribution is 2.31. The van der Waals surface area contributed by atoms with E-state index >= 15 is 0 Å². The van der Waals surface area contributed by atoms with Crippen LogP contribution in [0.25, 0.3) is 0 Å². The number of aromatic nitrogens is 1. The summed E-state index contributed by atoms with van der Waals surface area (Å²) in [6.07, 6.45) is 0. The maximum Gasteiger partial charge on any atom is 0.241 e. The number of aryl methyl sites for hydroxylation is 1. The Hall–Kier alpha value is -1.63. The Balaban J connectivity index is 2.07. The van der Waals surface area contributed by atoms with E-state index < -0.39 is 0 Å². The second-order valence-electron chi connectivity index (χ2n) is 5.36. The van der Waals surface area contributed by atoms with Gasteiger partial charge < -0.3 is 10.1 Å². The van der Waals surface area contributed by atoms with E-state index in [1.807, 2.05) is 37.2 Å². The van der Waals surface area contributed by atoms with Crippen LogP contribution in [0.15, 0.2) is 23.0 Å². The number of rotatable bonds is 6. The summed E-state index contributed by atoms with van der Waals surface area (Å²) in [6.45, 7) is 4.36. The van der Waals surface area contributed by atoms with Crippen LogP contribution in [0.5, 0.6) is 5.75 Å². The molecule has 1 N–H and O–H groups in total. The smallest absolute Gasteiger partial charge is 0.241 e. The number of benzene rings is 1. The van der Waals surface area contributed by atoms with Crippen molar-refractivity contribution in [2.24, 2.45) is 0 Å². The van der Waals surface area contributed by atoms with Gasteiger partial charge in [-0.05, 0) is 32.5 Å². The number of thiazole rings is 1. The minimum Gasteiger partial charge on any atom is -0.495 e. The summed E-state index contributed by atoms with van der Waals surface area (Å²) in [5.74, 6) is 0.436. The number of nitrogens with zero attached hydrogens (tertiary/aromatic N) is 2. The van der Waals surface area contributed by atoms with Gasteiger partial charge in [-0.15, -0.1) is 11.3 Å². The van der Waals surface area contributed by atoms with Crippen LogP contribution in [0.3, 0.4) is 0 Å². The zero-order valence-corrected chi connectivity index (χ0v) is 15.2. The fraction of sp³-hybridized carbons (Fsp3) is 0.375. The number of hydrogen-bond acceptors (Lipinski definition) is 5. The Kier molecular flexibility index (Phi) is 5.98. The highest BCUT2D eigenvalue weighted by Gasteiger charge is 2.20. The highest BCUT2D eigenvalue weighted by molar-refractivity contribution is 7.07. The molecule has 1 atom stereocenters. The third kappa shape index (κ3) is 4.43. The first-order chi connectivity index (χ1) is 10.9. The van der Waals surface area contributed by atoms with E-state index in [9.17, 15) is 4.79 Å². The average Bonchev–Trinajstić information content (AvgIpc) is 3.02. The topological polar surface area (TPSA) is 54.5 Å². The van der Waals surface area contributed by atoms with Crippen molar-refractivity contribution in [1.82, 2.24) is 9.88 Å². The Morgan fingerprint density at radius 2 is 2.26 bits per heavy atom. The molecule has 0 aliphatic carbocycles. The first-order valence-electron chi connectivity index (χ1n) is 7.14. The second-order valence-corrected chi connectivity index (χ2v) is 6.49. The zero-order chi connectivity index (χ0) is 17.0. The molecule has 1 heterocycles. The number of likely N-dealkylation sites (N-methyl/N-ethyl adjacent to an activating group) is 1. The van der Waals surface area contributed by atoms with Crippen molar-refractivity contribution in [3.05, 3.63) is 39.3 Å². The van der Waals surface area contributed by atoms with Crippen LogP contribution in [0.1, 0.15) is 18.2 Å². The molecule has 0 fully saturated rings. The average molecular weight is 354 g/mol. The molecule has 0 aliphatic rings. The van der Waals surface area contributed by atoms with Gasteiger partial charge in [0.1, 0.15) is 5.75 Å². The van der Waals surface area contributed by atoms with Crippen LogP contribution in [0, 0.1) is 6.92 Å². The molecule has 1 aromatic carbocycles. The minimum atomic E-state index is -0.308. The Labute approximate surface area is 145 Å². The summed E-state index contributed by atoms with van der Waals surface area (Å²) in [5, 5.41) is 5.49. The van der Waals surface area contributed by atoms with Gasteiger partial charge in [0.2, 0.25) is 5.91 Å². The molecule has 7 heteroatoms. The predicted octanol–water partition coefficient (Wildman–Crippen LogP) is 3.57. The maximum atomic E-state index is 12.5. The van der Waals surface area contributed by atoms with Crippen molar-refractivity contribution in [1.29, 1.82) is 0 Å². The summed E-state index contributed by atoms with van der Waals surface area (Å²) in [6, 6.07) is 3.21. The number of methoxy groups -OCH3 is 1. The fourth-order valence-electron chi connectivity index (χ4n) is 2.08. The van der Waals surface area contributed by atoms with E-state index in [-0.39, 0.29) is 11.9 Å². The number of amides is 1. The summed E-state index contributed by atoms with van der Waals surface area (Å²) < 4.78 is 5.29. The van der Waals surface area contributed by atoms with Gasteiger partial charge in [-0.2, -0.15) is 0 Å². The van der Waals surface area contributed by atoms with E-state index in [4.69, 9.17) is 16.3 Å². The van der Waals surface area contributed by atoms with E-state index in [1.54, 1.807) is 30.0 Å². The molecule has 1 unspecified atom stereocenters. The SMILES string of the molecule is COc1cc(Cl)c(C)cc1NC(=O)C(C)N(C)Cc1cscn1. The van der Waals surface area contributed by atoms with Crippen LogP contribution in [-0.2, 0) is 11.3 Å². The van der Waals surface area contributed by atoms with Crippen molar-refractivity contribution in [2.45, 2.75) is 26.4 Å². The molecule has 0 saturated carbocycles. The van der Waals surface area contributed by atoms with E-state index in [1.165, 1.54) is 0 Å². The number of carbonyl (C=O) groups is 1. The molecular formula is C16H20ClN3O2S. The number of anilines is 1. The van der Waals surface area contributed by atoms with Crippen molar-refractivity contribution in [2.75, 3.05) is 19.5 Å². The molecule has 1 amide bonds. The number of ether oxygens (including phenoxy) is 1. The van der Waals surface area contributed by atoms with Gasteiger partial charge in [0.05, 0.1) is 30.0 Å². The maximum absolute atomic E-state index is 12.5. The molecule has 0 saturated heterocycles. The molecular weight excluding hydrogens is 334 g/mol. The van der Waals surface area contributed by atoms with E-state index in [2.05, 4.69) is 10.3 Å². The molecule has 2 rings (SSSR count). The van der Waals surface area contributed by atoms with Crippen molar-refractivity contribution >= 4 is 34.5 Å². The lowest BCUT2D eigenvalue weighted by molar-refractivity contribution is -0.120. The summed E-state index contributed by atoms with van der Waals surface area (Å²) in [4.78, 5) is 18.7. The first-order valence-corrected chi connectivity index (χ1v) is 8.46. The van der Waals surface area contributed by atoms with Crippen LogP contribution in [0.2, 0.25) is 5.02 Å². The molecule has 0 bridgehead atoms. The van der Waals surface area contributed by atoms with Crippen molar-refractivity contribution < 1.29 is 9.53 Å². The lowest BCUT2D eigenvalue weighted by Gasteiger charge is -2.23. The van der Waals surface area contributed by atoms with E-state index in [0.717, 1.165) is 11.3 Å². The number of halogens is 1. The normalized spacial score (nSPS) is 12.3. The van der Waals surface area contributed by atoms with Gasteiger partial charge in [0.25, 0.3) is 0 Å². The van der Waals surface area contributed by atoms with Crippen LogP contribution in [-0.4, -0.2) is 36.0 Å². The van der Waals surface area contributed by atoms with Gasteiger partial charge in [0.15, 0.2) is 0 Å². The molecule has 0 spiro atoms. The zero-order valence-electron chi connectivity index (χ0n) is 13.6. The van der Waals surface area contributed by atoms with Crippen molar-refractivity contribution in [3.8, 4) is 5.75 Å². The lowest BCUT2D eigenvalue weighted by Crippen LogP contribution is -2.39. The summed E-state index contributed by atoms with van der Waals surface area (Å²) in [7, 11) is 3.45. The Bertz CT molecular complexity index is 676. The molecule has 5 nitrogen and oxygen atoms in total. The third-order valence-corrected chi connectivity index (χ3v) is 4.72. The number of nitrogens with one attached hydrogen (secondary N) is 1. The molecule has 124 valence electrons. The molecule has 1 aromatic heterocycles. The summed E-state index contributed by atoms with van der Waals surface area (Å²) >= 11 is 7.63. The quantitative estimate of drug-likeness (QED) is 0.862. The highest BCUT2D eigenvalue weighted by atomic mass is 35.5. The van der Waals surface area contributed by atoms with Gasteiger partial charge in [-0.3, -0.25) is 9.69 Å². The van der Waals surface area contributed by atoms with Crippen LogP contribution >= 0.6 is 22.9 Å². The summed E-state index contributed by atoms with van der Waals surface area (Å²) in [5.41, 5.74) is 4.24. The standard InChI is InChI=1S/C16H20ClN3O2S/c1-10-5-14(15(22-4)6-13(10)17)19-16(21)11(2)20(3)7-12-8-23-9-18-12/h5-6,8-9,11H,7H2,1-4H3,(H,19,21). The fourth-order valence-corrected chi connectivity index (χ4v) is 2.78. The molecule has 0 radical (unpaired) electrons.